The van der Waals surface area contributed by atoms with Gasteiger partial charge in [-0.3, -0.25) is 9.59 Å². The Balaban J connectivity index is 1.56. The second kappa shape index (κ2) is 9.71. The van der Waals surface area contributed by atoms with E-state index in [1.54, 1.807) is 4.90 Å². The minimum Gasteiger partial charge on any atom is -0.456 e. The highest BCUT2D eigenvalue weighted by Gasteiger charge is 2.33. The van der Waals surface area contributed by atoms with Crippen LogP contribution in [0.1, 0.15) is 52.0 Å². The summed E-state index contributed by atoms with van der Waals surface area (Å²) in [7, 11) is 1.31. The van der Waals surface area contributed by atoms with Crippen molar-refractivity contribution < 1.29 is 27.2 Å². The van der Waals surface area contributed by atoms with Gasteiger partial charge in [0.1, 0.15) is 12.9 Å². The number of fused-ring (bicyclic) bond motifs is 1. The number of aromatic nitrogens is 2. The lowest BCUT2D eigenvalue weighted by Crippen LogP contribution is -2.42. The second-order valence-corrected chi connectivity index (χ2v) is 8.62. The summed E-state index contributed by atoms with van der Waals surface area (Å²) in [5.74, 6) is 0.798. The number of alkyl halides is 3. The Morgan fingerprint density at radius 1 is 1.31 bits per heavy atom. The summed E-state index contributed by atoms with van der Waals surface area (Å²) in [5.41, 5.74) is 2.07. The molecule has 0 atom stereocenters. The van der Waals surface area contributed by atoms with Crippen molar-refractivity contribution in [2.24, 2.45) is 0 Å². The van der Waals surface area contributed by atoms with Crippen LogP contribution in [0.4, 0.5) is 19.1 Å². The van der Waals surface area contributed by atoms with Crippen LogP contribution < -0.4 is 15.7 Å². The molecular formula is C25H27F3N4O4. The van der Waals surface area contributed by atoms with E-state index in [1.165, 1.54) is 19.4 Å². The first kappa shape index (κ1) is 25.3. The number of anilines is 1. The summed E-state index contributed by atoms with van der Waals surface area (Å²) in [4.78, 5) is 37.6. The predicted molar refractivity (Wildman–Crippen MR) is 127 cm³/mol. The highest BCUT2D eigenvalue weighted by atomic mass is 19.4. The van der Waals surface area contributed by atoms with E-state index in [1.807, 2.05) is 20.8 Å². The van der Waals surface area contributed by atoms with Gasteiger partial charge in [0.15, 0.2) is 5.76 Å². The zero-order valence-electron chi connectivity index (χ0n) is 20.5. The van der Waals surface area contributed by atoms with Crippen LogP contribution in [-0.4, -0.2) is 40.4 Å². The molecule has 11 heteroatoms. The number of rotatable bonds is 5. The number of hydrogen-bond donors (Lipinski definition) is 1. The molecule has 8 nitrogen and oxygen atoms in total. The lowest BCUT2D eigenvalue weighted by molar-refractivity contribution is -0.0885. The van der Waals surface area contributed by atoms with Crippen molar-refractivity contribution in [1.82, 2.24) is 14.6 Å². The topological polar surface area (TPSA) is 89.6 Å². The Morgan fingerprint density at radius 2 is 2.06 bits per heavy atom. The van der Waals surface area contributed by atoms with E-state index in [4.69, 9.17) is 9.25 Å². The quantitative estimate of drug-likeness (QED) is 0.662. The van der Waals surface area contributed by atoms with Gasteiger partial charge in [-0.05, 0) is 43.9 Å². The van der Waals surface area contributed by atoms with Crippen molar-refractivity contribution >= 4 is 11.9 Å². The number of amides is 1. The SMILES string of the molecule is CCc1c(C)oc(C(=O)N2CCc3nc(NC=C4C=CC(C(F)(F)F)=CC4)n(OC)c(=O)c3C2)c1C. The number of allylic oxidation sites excluding steroid dienone is 5. The molecule has 192 valence electrons. The van der Waals surface area contributed by atoms with Gasteiger partial charge in [-0.25, -0.2) is 4.98 Å². The fraction of sp³-hybridized carbons (Fsp3) is 0.400. The fourth-order valence-corrected chi connectivity index (χ4v) is 4.48. The smallest absolute Gasteiger partial charge is 0.416 e. The molecule has 2 aliphatic rings. The zero-order valence-corrected chi connectivity index (χ0v) is 20.5. The molecule has 3 heterocycles. The van der Waals surface area contributed by atoms with Crippen LogP contribution in [-0.2, 0) is 19.4 Å². The molecule has 1 aliphatic heterocycles. The van der Waals surface area contributed by atoms with Crippen LogP contribution in [0.5, 0.6) is 0 Å². The Hall–Kier alpha value is -3.76. The van der Waals surface area contributed by atoms with Crippen molar-refractivity contribution in [3.8, 4) is 0 Å². The lowest BCUT2D eigenvalue weighted by Gasteiger charge is -2.28. The van der Waals surface area contributed by atoms with Crippen LogP contribution in [0.25, 0.3) is 0 Å². The Morgan fingerprint density at radius 3 is 2.64 bits per heavy atom. The largest absolute Gasteiger partial charge is 0.456 e. The maximum atomic E-state index is 13.2. The summed E-state index contributed by atoms with van der Waals surface area (Å²) < 4.78 is 45.1. The molecule has 0 aromatic carbocycles. The maximum Gasteiger partial charge on any atom is 0.416 e. The molecule has 2 aromatic rings. The van der Waals surface area contributed by atoms with Crippen molar-refractivity contribution in [3.05, 3.63) is 79.8 Å². The van der Waals surface area contributed by atoms with Crippen LogP contribution in [0.15, 0.2) is 44.8 Å². The zero-order chi connectivity index (χ0) is 26.2. The highest BCUT2D eigenvalue weighted by Crippen LogP contribution is 2.30. The van der Waals surface area contributed by atoms with E-state index in [9.17, 15) is 22.8 Å². The van der Waals surface area contributed by atoms with Crippen LogP contribution in [0.2, 0.25) is 0 Å². The van der Waals surface area contributed by atoms with Crippen molar-refractivity contribution in [2.45, 2.75) is 52.8 Å². The third-order valence-corrected chi connectivity index (χ3v) is 6.43. The maximum absolute atomic E-state index is 13.2. The van der Waals surface area contributed by atoms with Crippen LogP contribution >= 0.6 is 0 Å². The first-order valence-corrected chi connectivity index (χ1v) is 11.5. The Kier molecular flexibility index (Phi) is 6.83. The summed E-state index contributed by atoms with van der Waals surface area (Å²) in [6.45, 7) is 6.09. The molecular weight excluding hydrogens is 477 g/mol. The van der Waals surface area contributed by atoms with Gasteiger partial charge in [0.05, 0.1) is 23.4 Å². The molecule has 0 fully saturated rings. The van der Waals surface area contributed by atoms with E-state index in [0.29, 0.717) is 35.6 Å². The summed E-state index contributed by atoms with van der Waals surface area (Å²) in [6.07, 6.45) is 1.71. The normalized spacial score (nSPS) is 16.7. The minimum absolute atomic E-state index is 0.0547. The standard InChI is InChI=1S/C25H27F3N4O4/c1-5-18-14(2)21(36-15(18)3)23(34)31-11-10-20-19(13-31)22(33)32(35-4)24(30-20)29-12-16-6-8-17(9-7-16)25(26,27)28/h6,8-9,12H,5,7,10-11,13H2,1-4H3,(H,29,30). The monoisotopic (exact) mass is 504 g/mol. The van der Waals surface area contributed by atoms with Crippen molar-refractivity contribution in [2.75, 3.05) is 19.0 Å². The van der Waals surface area contributed by atoms with Gasteiger partial charge in [0.2, 0.25) is 5.95 Å². The van der Waals surface area contributed by atoms with Crippen LogP contribution in [0, 0.1) is 13.8 Å². The molecule has 1 aliphatic carbocycles. The average molecular weight is 505 g/mol. The highest BCUT2D eigenvalue weighted by molar-refractivity contribution is 5.93. The van der Waals surface area contributed by atoms with Crippen molar-refractivity contribution in [1.29, 1.82) is 0 Å². The van der Waals surface area contributed by atoms with E-state index in [2.05, 4.69) is 10.3 Å². The molecule has 0 saturated carbocycles. The molecule has 36 heavy (non-hydrogen) atoms. The van der Waals surface area contributed by atoms with Gasteiger partial charge in [-0.1, -0.05) is 19.1 Å². The molecule has 0 radical (unpaired) electrons. The Bertz CT molecular complexity index is 1350. The summed E-state index contributed by atoms with van der Waals surface area (Å²) in [6, 6.07) is 0. The predicted octanol–water partition coefficient (Wildman–Crippen LogP) is 4.02. The molecule has 4 rings (SSSR count). The average Bonchev–Trinajstić information content (AvgIpc) is 3.14. The number of aryl methyl sites for hydroxylation is 1. The number of furan rings is 1. The third kappa shape index (κ3) is 4.69. The fourth-order valence-electron chi connectivity index (χ4n) is 4.48. The second-order valence-electron chi connectivity index (χ2n) is 8.62. The van der Waals surface area contributed by atoms with Gasteiger partial charge < -0.3 is 19.5 Å². The number of carbonyl (C=O) groups excluding carboxylic acids is 1. The van der Waals surface area contributed by atoms with E-state index < -0.39 is 17.3 Å². The lowest BCUT2D eigenvalue weighted by atomic mass is 10.0. The molecule has 2 aromatic heterocycles. The Labute approximate surface area is 205 Å². The first-order chi connectivity index (χ1) is 17.0. The van der Waals surface area contributed by atoms with E-state index in [0.717, 1.165) is 34.4 Å². The number of hydrogen-bond acceptors (Lipinski definition) is 6. The van der Waals surface area contributed by atoms with Gasteiger partial charge in [-0.2, -0.15) is 13.2 Å². The molecule has 1 amide bonds. The molecule has 0 bridgehead atoms. The third-order valence-electron chi connectivity index (χ3n) is 6.43. The first-order valence-electron chi connectivity index (χ1n) is 11.5. The molecule has 1 N–H and O–H groups in total. The van der Waals surface area contributed by atoms with Gasteiger partial charge in [0.25, 0.3) is 11.5 Å². The molecule has 0 spiro atoms. The molecule has 0 saturated heterocycles. The van der Waals surface area contributed by atoms with E-state index >= 15 is 0 Å². The number of carbonyl (C=O) groups is 1. The molecule has 0 unspecified atom stereocenters. The number of nitrogens with one attached hydrogen (secondary N) is 1. The van der Waals surface area contributed by atoms with Gasteiger partial charge in [-0.15, -0.1) is 4.73 Å². The van der Waals surface area contributed by atoms with E-state index in [-0.39, 0.29) is 30.6 Å². The van der Waals surface area contributed by atoms with Gasteiger partial charge in [0, 0.05) is 24.7 Å². The number of nitrogens with zero attached hydrogens (tertiary/aromatic N) is 3. The summed E-state index contributed by atoms with van der Waals surface area (Å²) in [5, 5.41) is 2.87. The van der Waals surface area contributed by atoms with Crippen LogP contribution in [0.3, 0.4) is 0 Å². The van der Waals surface area contributed by atoms with Crippen molar-refractivity contribution in [3.63, 3.8) is 0 Å². The van der Waals surface area contributed by atoms with Gasteiger partial charge >= 0.3 is 6.18 Å². The minimum atomic E-state index is -4.39. The number of halogens is 3. The summed E-state index contributed by atoms with van der Waals surface area (Å²) >= 11 is 0.